The average molecular weight is 358 g/mol. The molecule has 4 nitrogen and oxygen atoms in total. The van der Waals surface area contributed by atoms with E-state index in [2.05, 4.69) is 0 Å². The molecule has 0 atom stereocenters. The molecule has 0 unspecified atom stereocenters. The lowest BCUT2D eigenvalue weighted by Crippen LogP contribution is -2.00. The molecule has 1 N–H and O–H groups in total. The van der Waals surface area contributed by atoms with Gasteiger partial charge in [0, 0.05) is 10.9 Å². The minimum absolute atomic E-state index is 0.0524. The van der Waals surface area contributed by atoms with Gasteiger partial charge in [0.05, 0.1) is 25.2 Å². The van der Waals surface area contributed by atoms with Crippen molar-refractivity contribution in [2.75, 3.05) is 14.2 Å². The van der Waals surface area contributed by atoms with Crippen LogP contribution in [0.5, 0.6) is 17.2 Å². The standard InChI is InChI=1S/C23H18O4/c1-26-22-18(13-24)23(27-2)21-17(11-6-12-19(21)25)20(22)16-10-5-8-14-7-3-4-9-15(14)16/h3-13,25H,1-2H3. The lowest BCUT2D eigenvalue weighted by Gasteiger charge is -2.20. The van der Waals surface area contributed by atoms with Crippen LogP contribution in [0.25, 0.3) is 32.7 Å². The van der Waals surface area contributed by atoms with E-state index >= 15 is 0 Å². The van der Waals surface area contributed by atoms with Crippen LogP contribution >= 0.6 is 0 Å². The zero-order chi connectivity index (χ0) is 19.0. The fourth-order valence-electron chi connectivity index (χ4n) is 3.72. The summed E-state index contributed by atoms with van der Waals surface area (Å²) < 4.78 is 11.1. The van der Waals surface area contributed by atoms with Crippen molar-refractivity contribution in [2.45, 2.75) is 0 Å². The van der Waals surface area contributed by atoms with E-state index in [0.29, 0.717) is 23.2 Å². The summed E-state index contributed by atoms with van der Waals surface area (Å²) in [5.41, 5.74) is 1.95. The first-order valence-corrected chi connectivity index (χ1v) is 8.54. The van der Waals surface area contributed by atoms with Crippen molar-refractivity contribution < 1.29 is 19.4 Å². The third-order valence-electron chi connectivity index (χ3n) is 4.84. The largest absolute Gasteiger partial charge is 0.507 e. The van der Waals surface area contributed by atoms with Crippen LogP contribution in [-0.4, -0.2) is 25.6 Å². The number of phenolic OH excluding ortho intramolecular Hbond substituents is 1. The van der Waals surface area contributed by atoms with Gasteiger partial charge in [-0.25, -0.2) is 0 Å². The summed E-state index contributed by atoms with van der Waals surface area (Å²) in [4.78, 5) is 11.9. The number of carbonyl (C=O) groups excluding carboxylic acids is 1. The van der Waals surface area contributed by atoms with Crippen molar-refractivity contribution in [1.29, 1.82) is 0 Å². The van der Waals surface area contributed by atoms with Gasteiger partial charge < -0.3 is 14.6 Å². The van der Waals surface area contributed by atoms with Gasteiger partial charge in [-0.2, -0.15) is 0 Å². The molecule has 0 radical (unpaired) electrons. The van der Waals surface area contributed by atoms with E-state index in [-0.39, 0.29) is 11.3 Å². The molecule has 0 saturated carbocycles. The molecular formula is C23H18O4. The summed E-state index contributed by atoms with van der Waals surface area (Å²) in [6, 6.07) is 19.3. The summed E-state index contributed by atoms with van der Waals surface area (Å²) in [5.74, 6) is 0.784. The Bertz CT molecular complexity index is 1170. The Morgan fingerprint density at radius 1 is 0.815 bits per heavy atom. The molecule has 0 aliphatic heterocycles. The Hall–Kier alpha value is -3.53. The molecule has 0 aliphatic rings. The molecule has 0 aliphatic carbocycles. The van der Waals surface area contributed by atoms with Crippen LogP contribution in [0.2, 0.25) is 0 Å². The van der Waals surface area contributed by atoms with Gasteiger partial charge in [0.1, 0.15) is 17.2 Å². The molecule has 0 spiro atoms. The smallest absolute Gasteiger partial charge is 0.157 e. The van der Waals surface area contributed by atoms with Crippen LogP contribution in [0.15, 0.2) is 60.7 Å². The second-order valence-corrected chi connectivity index (χ2v) is 6.20. The topological polar surface area (TPSA) is 55.8 Å². The second-order valence-electron chi connectivity index (χ2n) is 6.20. The highest BCUT2D eigenvalue weighted by Gasteiger charge is 2.24. The predicted molar refractivity (Wildman–Crippen MR) is 107 cm³/mol. The Morgan fingerprint density at radius 3 is 2.22 bits per heavy atom. The monoisotopic (exact) mass is 358 g/mol. The van der Waals surface area contributed by atoms with Gasteiger partial charge in [-0.05, 0) is 22.4 Å². The first kappa shape index (κ1) is 16.9. The maximum absolute atomic E-state index is 11.9. The molecule has 27 heavy (non-hydrogen) atoms. The molecule has 0 saturated heterocycles. The quantitative estimate of drug-likeness (QED) is 0.510. The van der Waals surface area contributed by atoms with E-state index in [1.165, 1.54) is 14.2 Å². The van der Waals surface area contributed by atoms with Gasteiger partial charge >= 0.3 is 0 Å². The summed E-state index contributed by atoms with van der Waals surface area (Å²) in [6.07, 6.45) is 0.707. The van der Waals surface area contributed by atoms with Crippen molar-refractivity contribution in [2.24, 2.45) is 0 Å². The first-order valence-electron chi connectivity index (χ1n) is 8.54. The molecule has 0 heterocycles. The normalized spacial score (nSPS) is 10.9. The molecule has 0 bridgehead atoms. The highest BCUT2D eigenvalue weighted by Crippen LogP contribution is 2.49. The summed E-state index contributed by atoms with van der Waals surface area (Å²) in [5, 5.41) is 13.9. The lowest BCUT2D eigenvalue weighted by atomic mass is 9.90. The average Bonchev–Trinajstić information content (AvgIpc) is 2.71. The summed E-state index contributed by atoms with van der Waals surface area (Å²) >= 11 is 0. The Labute approximate surface area is 156 Å². The number of benzene rings is 4. The molecule has 134 valence electrons. The third-order valence-corrected chi connectivity index (χ3v) is 4.84. The summed E-state index contributed by atoms with van der Waals surface area (Å²) in [6.45, 7) is 0. The number of carbonyl (C=O) groups is 1. The van der Waals surface area contributed by atoms with E-state index in [9.17, 15) is 9.90 Å². The first-order chi connectivity index (χ1) is 13.2. The second kappa shape index (κ2) is 6.65. The fraction of sp³-hybridized carbons (Fsp3) is 0.0870. The Kier molecular flexibility index (Phi) is 4.16. The van der Waals surface area contributed by atoms with Gasteiger partial charge in [0.15, 0.2) is 6.29 Å². The fourth-order valence-corrected chi connectivity index (χ4v) is 3.72. The van der Waals surface area contributed by atoms with Crippen molar-refractivity contribution >= 4 is 27.8 Å². The number of rotatable bonds is 4. The number of ether oxygens (including phenoxy) is 2. The van der Waals surface area contributed by atoms with Crippen LogP contribution in [0.3, 0.4) is 0 Å². The van der Waals surface area contributed by atoms with Gasteiger partial charge in [-0.1, -0.05) is 54.6 Å². The van der Waals surface area contributed by atoms with Gasteiger partial charge in [-0.3, -0.25) is 4.79 Å². The molecule has 0 amide bonds. The maximum atomic E-state index is 11.9. The zero-order valence-corrected chi connectivity index (χ0v) is 15.0. The number of aromatic hydroxyl groups is 1. The van der Waals surface area contributed by atoms with Crippen LogP contribution in [-0.2, 0) is 0 Å². The zero-order valence-electron chi connectivity index (χ0n) is 15.0. The van der Waals surface area contributed by atoms with Gasteiger partial charge in [0.2, 0.25) is 0 Å². The Morgan fingerprint density at radius 2 is 1.48 bits per heavy atom. The minimum atomic E-state index is 0.0524. The molecule has 4 aromatic rings. The number of phenols is 1. The number of methoxy groups -OCH3 is 2. The van der Waals surface area contributed by atoms with E-state index in [4.69, 9.17) is 9.47 Å². The predicted octanol–water partition coefficient (Wildman–Crippen LogP) is 5.20. The molecule has 4 heteroatoms. The lowest BCUT2D eigenvalue weighted by molar-refractivity contribution is 0.111. The number of aldehydes is 1. The number of hydrogen-bond donors (Lipinski definition) is 1. The van der Waals surface area contributed by atoms with E-state index < -0.39 is 0 Å². The third kappa shape index (κ3) is 2.49. The van der Waals surface area contributed by atoms with Crippen molar-refractivity contribution in [3.8, 4) is 28.4 Å². The van der Waals surface area contributed by atoms with Crippen molar-refractivity contribution in [3.63, 3.8) is 0 Å². The number of hydrogen-bond acceptors (Lipinski definition) is 4. The van der Waals surface area contributed by atoms with Crippen LogP contribution in [0.1, 0.15) is 10.4 Å². The highest BCUT2D eigenvalue weighted by molar-refractivity contribution is 6.14. The minimum Gasteiger partial charge on any atom is -0.507 e. The SMILES string of the molecule is COc1c(C=O)c(OC)c2c(O)cccc2c1-c1cccc2ccccc12. The molecule has 0 fully saturated rings. The highest BCUT2D eigenvalue weighted by atomic mass is 16.5. The van der Waals surface area contributed by atoms with Crippen molar-refractivity contribution in [3.05, 3.63) is 66.2 Å². The van der Waals surface area contributed by atoms with Crippen LogP contribution in [0.4, 0.5) is 0 Å². The van der Waals surface area contributed by atoms with Gasteiger partial charge in [-0.15, -0.1) is 0 Å². The molecular weight excluding hydrogens is 340 g/mol. The van der Waals surface area contributed by atoms with E-state index in [1.807, 2.05) is 48.5 Å². The van der Waals surface area contributed by atoms with Crippen LogP contribution in [0, 0.1) is 0 Å². The maximum Gasteiger partial charge on any atom is 0.157 e. The van der Waals surface area contributed by atoms with Crippen molar-refractivity contribution in [1.82, 2.24) is 0 Å². The Balaban J connectivity index is 2.27. The summed E-state index contributed by atoms with van der Waals surface area (Å²) in [7, 11) is 3.01. The van der Waals surface area contributed by atoms with Crippen LogP contribution < -0.4 is 9.47 Å². The van der Waals surface area contributed by atoms with Gasteiger partial charge in [0.25, 0.3) is 0 Å². The molecule has 4 rings (SSSR count). The number of fused-ring (bicyclic) bond motifs is 2. The van der Waals surface area contributed by atoms with E-state index in [0.717, 1.165) is 27.3 Å². The molecule has 0 aromatic heterocycles. The molecule has 4 aromatic carbocycles. The van der Waals surface area contributed by atoms with E-state index in [1.54, 1.807) is 12.1 Å².